The Hall–Kier alpha value is -0.800. The van der Waals surface area contributed by atoms with E-state index in [4.69, 9.17) is 5.73 Å². The van der Waals surface area contributed by atoms with Crippen LogP contribution in [0.3, 0.4) is 0 Å². The summed E-state index contributed by atoms with van der Waals surface area (Å²) in [6.07, 6.45) is 3.69. The van der Waals surface area contributed by atoms with Crippen molar-refractivity contribution in [3.8, 4) is 0 Å². The van der Waals surface area contributed by atoms with Gasteiger partial charge in [-0.2, -0.15) is 0 Å². The molecule has 0 amide bonds. The Balaban J connectivity index is 0.00000112. The number of pyridine rings is 1. The Morgan fingerprint density at radius 2 is 2.20 bits per heavy atom. The Morgan fingerprint density at radius 3 is 2.60 bits per heavy atom. The zero-order valence-corrected chi connectivity index (χ0v) is 9.69. The first-order chi connectivity index (χ1) is 6.72. The van der Waals surface area contributed by atoms with E-state index in [1.54, 1.807) is 0 Å². The third-order valence-corrected chi connectivity index (χ3v) is 3.13. The minimum Gasteiger partial charge on any atom is -0.326 e. The Bertz CT molecular complexity index is 396. The highest BCUT2D eigenvalue weighted by atomic mass is 35.5. The molecule has 15 heavy (non-hydrogen) atoms. The lowest BCUT2D eigenvalue weighted by atomic mass is 9.82. The van der Waals surface area contributed by atoms with Crippen LogP contribution < -0.4 is 11.3 Å². The highest BCUT2D eigenvalue weighted by molar-refractivity contribution is 5.85. The third kappa shape index (κ3) is 2.24. The summed E-state index contributed by atoms with van der Waals surface area (Å²) in [6.45, 7) is 2.28. The molecule has 1 aliphatic rings. The second-order valence-corrected chi connectivity index (χ2v) is 4.05. The summed E-state index contributed by atoms with van der Waals surface area (Å²) in [7, 11) is 0. The molecule has 0 saturated heterocycles. The number of aromatic nitrogens is 1. The smallest absolute Gasteiger partial charge is 0.252 e. The molecule has 1 aromatic heterocycles. The molecule has 0 aliphatic heterocycles. The van der Waals surface area contributed by atoms with Crippen LogP contribution in [0.25, 0.3) is 0 Å². The number of rotatable bonds is 2. The van der Waals surface area contributed by atoms with Crippen molar-refractivity contribution < 1.29 is 0 Å². The minimum atomic E-state index is -0.00519. The van der Waals surface area contributed by atoms with Crippen LogP contribution in [0.2, 0.25) is 0 Å². The van der Waals surface area contributed by atoms with Crippen molar-refractivity contribution in [2.45, 2.75) is 38.6 Å². The van der Waals surface area contributed by atoms with Crippen molar-refractivity contribution in [1.29, 1.82) is 0 Å². The van der Waals surface area contributed by atoms with Crippen molar-refractivity contribution in [2.24, 2.45) is 5.73 Å². The molecule has 1 aromatic rings. The number of hydrogen-bond donors (Lipinski definition) is 2. The molecular weight excluding hydrogens is 212 g/mol. The maximum Gasteiger partial charge on any atom is 0.252 e. The maximum absolute atomic E-state index is 11.6. The van der Waals surface area contributed by atoms with E-state index in [0.717, 1.165) is 11.3 Å². The number of hydrogen-bond acceptors (Lipinski definition) is 2. The Kier molecular flexibility index (Phi) is 3.94. The first kappa shape index (κ1) is 12.3. The van der Waals surface area contributed by atoms with Gasteiger partial charge >= 0.3 is 0 Å². The molecule has 4 heteroatoms. The molecule has 0 radical (unpaired) electrons. The summed E-state index contributed by atoms with van der Waals surface area (Å²) >= 11 is 0. The van der Waals surface area contributed by atoms with Crippen molar-refractivity contribution >= 4 is 12.4 Å². The molecule has 1 saturated carbocycles. The second kappa shape index (κ2) is 4.81. The fourth-order valence-electron chi connectivity index (χ4n) is 1.93. The summed E-state index contributed by atoms with van der Waals surface area (Å²) in [5.41, 5.74) is 8.33. The molecule has 0 unspecified atom stereocenters. The lowest BCUT2D eigenvalue weighted by Crippen LogP contribution is -2.22. The highest BCUT2D eigenvalue weighted by Gasteiger charge is 2.21. The van der Waals surface area contributed by atoms with Gasteiger partial charge in [-0.15, -0.1) is 12.4 Å². The van der Waals surface area contributed by atoms with Crippen LogP contribution in [0.15, 0.2) is 10.9 Å². The predicted octanol–water partition coefficient (Wildman–Crippen LogP) is 1.83. The molecule has 0 spiro atoms. The fraction of sp³-hybridized carbons (Fsp3) is 0.545. The second-order valence-electron chi connectivity index (χ2n) is 4.05. The zero-order valence-electron chi connectivity index (χ0n) is 8.88. The standard InChI is InChI=1S/C11H16N2O.ClH/c1-7-5-10(8-3-2-4-8)13-11(14)9(7)6-12;/h5,8H,2-4,6,12H2,1H3,(H,13,14);1H. The molecule has 3 nitrogen and oxygen atoms in total. The summed E-state index contributed by atoms with van der Waals surface area (Å²) < 4.78 is 0. The summed E-state index contributed by atoms with van der Waals surface area (Å²) in [6, 6.07) is 2.08. The van der Waals surface area contributed by atoms with Gasteiger partial charge in [0.2, 0.25) is 0 Å². The van der Waals surface area contributed by atoms with E-state index in [9.17, 15) is 4.79 Å². The van der Waals surface area contributed by atoms with Gasteiger partial charge in [-0.25, -0.2) is 0 Å². The largest absolute Gasteiger partial charge is 0.326 e. The van der Waals surface area contributed by atoms with Gasteiger partial charge in [0.25, 0.3) is 5.56 Å². The van der Waals surface area contributed by atoms with Gasteiger partial charge in [0.15, 0.2) is 0 Å². The number of H-pyrrole nitrogens is 1. The van der Waals surface area contributed by atoms with Crippen LogP contribution >= 0.6 is 12.4 Å². The average Bonchev–Trinajstić information content (AvgIpc) is 2.00. The van der Waals surface area contributed by atoms with E-state index in [1.807, 2.05) is 6.92 Å². The summed E-state index contributed by atoms with van der Waals surface area (Å²) in [4.78, 5) is 14.5. The number of nitrogens with two attached hydrogens (primary N) is 1. The van der Waals surface area contributed by atoms with Crippen molar-refractivity contribution in [3.05, 3.63) is 33.2 Å². The lowest BCUT2D eigenvalue weighted by molar-refractivity contribution is 0.410. The first-order valence-corrected chi connectivity index (χ1v) is 5.15. The molecular formula is C11H17ClN2O. The van der Waals surface area contributed by atoms with Crippen LogP contribution in [-0.4, -0.2) is 4.98 Å². The quantitative estimate of drug-likeness (QED) is 0.812. The highest BCUT2D eigenvalue weighted by Crippen LogP contribution is 2.35. The number of nitrogens with one attached hydrogen (secondary N) is 1. The Labute approximate surface area is 95.5 Å². The summed E-state index contributed by atoms with van der Waals surface area (Å²) in [5, 5.41) is 0. The van der Waals surface area contributed by atoms with E-state index >= 15 is 0 Å². The van der Waals surface area contributed by atoms with Crippen LogP contribution in [-0.2, 0) is 6.54 Å². The first-order valence-electron chi connectivity index (χ1n) is 5.15. The molecule has 1 aliphatic carbocycles. The SMILES string of the molecule is Cc1cc(C2CCC2)[nH]c(=O)c1CN.Cl. The van der Waals surface area contributed by atoms with Crippen LogP contribution in [0.1, 0.15) is 42.0 Å². The van der Waals surface area contributed by atoms with Crippen LogP contribution in [0, 0.1) is 6.92 Å². The van der Waals surface area contributed by atoms with Gasteiger partial charge in [-0.05, 0) is 37.3 Å². The van der Waals surface area contributed by atoms with Crippen molar-refractivity contribution in [2.75, 3.05) is 0 Å². The van der Waals surface area contributed by atoms with E-state index in [2.05, 4.69) is 11.1 Å². The molecule has 1 heterocycles. The van der Waals surface area contributed by atoms with Gasteiger partial charge in [-0.3, -0.25) is 4.79 Å². The predicted molar refractivity (Wildman–Crippen MR) is 63.5 cm³/mol. The molecule has 0 aromatic carbocycles. The Morgan fingerprint density at radius 1 is 1.53 bits per heavy atom. The minimum absolute atomic E-state index is 0. The maximum atomic E-state index is 11.6. The number of halogens is 1. The number of aromatic amines is 1. The molecule has 3 N–H and O–H groups in total. The van der Waals surface area contributed by atoms with Crippen molar-refractivity contribution in [1.82, 2.24) is 4.98 Å². The van der Waals surface area contributed by atoms with Gasteiger partial charge in [0, 0.05) is 17.8 Å². The molecule has 2 rings (SSSR count). The van der Waals surface area contributed by atoms with Gasteiger partial charge < -0.3 is 10.7 Å². The zero-order chi connectivity index (χ0) is 10.1. The molecule has 0 bridgehead atoms. The monoisotopic (exact) mass is 228 g/mol. The van der Waals surface area contributed by atoms with Crippen LogP contribution in [0.4, 0.5) is 0 Å². The third-order valence-electron chi connectivity index (χ3n) is 3.13. The van der Waals surface area contributed by atoms with Crippen molar-refractivity contribution in [3.63, 3.8) is 0 Å². The molecule has 0 atom stereocenters. The van der Waals surface area contributed by atoms with E-state index < -0.39 is 0 Å². The topological polar surface area (TPSA) is 58.9 Å². The number of aryl methyl sites for hydroxylation is 1. The molecule has 84 valence electrons. The lowest BCUT2D eigenvalue weighted by Gasteiger charge is -2.25. The van der Waals surface area contributed by atoms with Gasteiger partial charge in [0.1, 0.15) is 0 Å². The summed E-state index contributed by atoms with van der Waals surface area (Å²) in [5.74, 6) is 0.577. The van der Waals surface area contributed by atoms with Gasteiger partial charge in [0.05, 0.1) is 0 Å². The van der Waals surface area contributed by atoms with E-state index in [1.165, 1.54) is 19.3 Å². The van der Waals surface area contributed by atoms with Crippen LogP contribution in [0.5, 0.6) is 0 Å². The normalized spacial score (nSPS) is 15.6. The van der Waals surface area contributed by atoms with E-state index in [-0.39, 0.29) is 18.0 Å². The van der Waals surface area contributed by atoms with Gasteiger partial charge in [-0.1, -0.05) is 6.42 Å². The molecule has 1 fully saturated rings. The van der Waals surface area contributed by atoms with E-state index in [0.29, 0.717) is 18.0 Å². The average molecular weight is 229 g/mol. The fourth-order valence-corrected chi connectivity index (χ4v) is 1.93.